The van der Waals surface area contributed by atoms with Crippen LogP contribution in [-0.4, -0.2) is 127 Å². The third-order valence-corrected chi connectivity index (χ3v) is 8.86. The van der Waals surface area contributed by atoms with Crippen LogP contribution in [0, 0.1) is 5.92 Å². The Kier molecular flexibility index (Phi) is 10.7. The molecule has 0 N–H and O–H groups in total. The van der Waals surface area contributed by atoms with Crippen LogP contribution in [0.25, 0.3) is 0 Å². The summed E-state index contributed by atoms with van der Waals surface area (Å²) in [6, 6.07) is 0. The fourth-order valence-corrected chi connectivity index (χ4v) is 6.35. The van der Waals surface area contributed by atoms with Gasteiger partial charge in [0.2, 0.25) is 5.95 Å². The summed E-state index contributed by atoms with van der Waals surface area (Å²) < 4.78 is 11.4. The summed E-state index contributed by atoms with van der Waals surface area (Å²) in [6.07, 6.45) is -0.538. The zero-order chi connectivity index (χ0) is 32.2. The quantitative estimate of drug-likeness (QED) is 0.240. The summed E-state index contributed by atoms with van der Waals surface area (Å²) in [6.45, 7) is 18.6. The van der Waals surface area contributed by atoms with Crippen LogP contribution in [0.4, 0.5) is 22.4 Å². The minimum absolute atomic E-state index is 0.110. The Morgan fingerprint density at radius 1 is 0.955 bits per heavy atom. The van der Waals surface area contributed by atoms with Gasteiger partial charge in [-0.3, -0.25) is 14.4 Å². The lowest BCUT2D eigenvalue weighted by Crippen LogP contribution is -2.53. The maximum atomic E-state index is 13.4. The number of Topliss-reactive ketones (excluding diaryl/α,β-unsaturated/α-hetero) is 2. The second kappa shape index (κ2) is 14.1. The molecule has 4 rings (SSSR count). The molecule has 3 fully saturated rings. The molecule has 0 aromatic carbocycles. The van der Waals surface area contributed by atoms with Crippen molar-refractivity contribution in [1.82, 2.24) is 19.8 Å². The van der Waals surface area contributed by atoms with Gasteiger partial charge >= 0.3 is 6.09 Å². The third kappa shape index (κ3) is 6.33. The van der Waals surface area contributed by atoms with E-state index in [1.54, 1.807) is 16.7 Å². The molecule has 3 aliphatic rings. The van der Waals surface area contributed by atoms with Crippen LogP contribution in [0.3, 0.4) is 0 Å². The van der Waals surface area contributed by atoms with E-state index in [1.165, 1.54) is 0 Å². The normalized spacial score (nSPS) is 21.7. The van der Waals surface area contributed by atoms with Gasteiger partial charge in [0.1, 0.15) is 29.3 Å². The first-order valence-corrected chi connectivity index (χ1v) is 16.1. The zero-order valence-electron chi connectivity index (χ0n) is 27.4. The molecule has 0 saturated carbocycles. The zero-order valence-corrected chi connectivity index (χ0v) is 27.4. The molecule has 4 heterocycles. The molecule has 13 nitrogen and oxygen atoms in total. The topological polar surface area (TPSA) is 129 Å². The molecule has 13 heteroatoms. The van der Waals surface area contributed by atoms with Gasteiger partial charge < -0.3 is 34.0 Å². The molecule has 0 aliphatic carbocycles. The van der Waals surface area contributed by atoms with E-state index in [0.29, 0.717) is 88.4 Å². The summed E-state index contributed by atoms with van der Waals surface area (Å²) in [5.74, 6) is 1.20. The Labute approximate surface area is 260 Å². The van der Waals surface area contributed by atoms with Crippen molar-refractivity contribution in [2.45, 2.75) is 73.0 Å². The number of hydrogen-bond donors (Lipinski definition) is 0. The van der Waals surface area contributed by atoms with Gasteiger partial charge in [0.05, 0.1) is 6.61 Å². The van der Waals surface area contributed by atoms with E-state index in [-0.39, 0.29) is 30.0 Å². The van der Waals surface area contributed by atoms with E-state index in [2.05, 4.69) is 9.80 Å². The number of carbonyl (C=O) groups is 4. The van der Waals surface area contributed by atoms with Crippen LogP contribution >= 0.6 is 0 Å². The number of aromatic nitrogens is 2. The van der Waals surface area contributed by atoms with Crippen molar-refractivity contribution in [3.8, 4) is 0 Å². The van der Waals surface area contributed by atoms with Gasteiger partial charge in [-0.15, -0.1) is 0 Å². The van der Waals surface area contributed by atoms with Gasteiger partial charge in [0.25, 0.3) is 5.91 Å². The molecular formula is C31H49N7O6. The van der Waals surface area contributed by atoms with Crippen LogP contribution in [0.2, 0.25) is 0 Å². The molecule has 44 heavy (non-hydrogen) atoms. The number of fused-ring (bicyclic) bond motifs is 1. The first-order valence-electron chi connectivity index (χ1n) is 16.1. The van der Waals surface area contributed by atoms with Gasteiger partial charge in [-0.05, 0) is 53.4 Å². The third-order valence-electron chi connectivity index (χ3n) is 8.86. The molecule has 0 radical (unpaired) electrons. The SMILES string of the molecule is CCN(CC)c1nc(N(CC)CC)c(C(C)=O)c(N2CCN(C(=O)OCC34CCCN3C(=O)C(OCC(C)C)C4=O)CC2)n1. The van der Waals surface area contributed by atoms with Gasteiger partial charge in [-0.2, -0.15) is 9.97 Å². The number of piperazine rings is 1. The first-order chi connectivity index (χ1) is 21.0. The molecule has 1 aromatic heterocycles. The second-order valence-corrected chi connectivity index (χ2v) is 12.1. The Balaban J connectivity index is 1.48. The van der Waals surface area contributed by atoms with E-state index in [9.17, 15) is 19.2 Å². The Hall–Kier alpha value is -3.48. The van der Waals surface area contributed by atoms with Crippen molar-refractivity contribution in [1.29, 1.82) is 0 Å². The predicted molar refractivity (Wildman–Crippen MR) is 168 cm³/mol. The molecule has 0 bridgehead atoms. The van der Waals surface area contributed by atoms with Gasteiger partial charge in [-0.25, -0.2) is 4.79 Å². The number of anilines is 3. The lowest BCUT2D eigenvalue weighted by Gasteiger charge is -2.37. The maximum absolute atomic E-state index is 13.4. The van der Waals surface area contributed by atoms with Crippen molar-refractivity contribution < 1.29 is 28.7 Å². The molecule has 2 unspecified atom stereocenters. The Morgan fingerprint density at radius 2 is 1.59 bits per heavy atom. The largest absolute Gasteiger partial charge is 0.446 e. The molecule has 3 aliphatic heterocycles. The minimum atomic E-state index is -1.16. The van der Waals surface area contributed by atoms with E-state index in [1.807, 2.05) is 46.4 Å². The van der Waals surface area contributed by atoms with Crippen molar-refractivity contribution in [2.24, 2.45) is 5.92 Å². The van der Waals surface area contributed by atoms with Crippen LogP contribution in [0.5, 0.6) is 0 Å². The highest BCUT2D eigenvalue weighted by Crippen LogP contribution is 2.39. The minimum Gasteiger partial charge on any atom is -0.446 e. The van der Waals surface area contributed by atoms with Crippen LogP contribution in [-0.2, 0) is 19.1 Å². The number of ether oxygens (including phenoxy) is 2. The van der Waals surface area contributed by atoms with E-state index >= 15 is 0 Å². The average molecular weight is 616 g/mol. The average Bonchev–Trinajstić information content (AvgIpc) is 3.52. The van der Waals surface area contributed by atoms with Crippen molar-refractivity contribution >= 4 is 41.2 Å². The van der Waals surface area contributed by atoms with Crippen molar-refractivity contribution in [3.05, 3.63) is 5.56 Å². The molecule has 0 spiro atoms. The standard InChI is InChI=1S/C31H49N7O6/c1-8-34(9-2)26-23(22(7)39)27(33-29(32-26)35(10-3)11-4)36-15-17-37(18-16-36)30(42)44-20-31-13-12-14-38(31)28(41)24(25(31)40)43-19-21(5)6/h21,24H,8-20H2,1-7H3. The first kappa shape index (κ1) is 33.4. The predicted octanol–water partition coefficient (Wildman–Crippen LogP) is 2.62. The lowest BCUT2D eigenvalue weighted by atomic mass is 9.93. The molecule has 3 saturated heterocycles. The number of carbonyl (C=O) groups excluding carboxylic acids is 4. The molecule has 2 amide bonds. The van der Waals surface area contributed by atoms with Gasteiger partial charge in [-0.1, -0.05) is 13.8 Å². The second-order valence-electron chi connectivity index (χ2n) is 12.1. The number of rotatable bonds is 13. The number of ketones is 2. The van der Waals surface area contributed by atoms with Crippen LogP contribution < -0.4 is 14.7 Å². The summed E-state index contributed by atoms with van der Waals surface area (Å²) >= 11 is 0. The number of hydrogen-bond acceptors (Lipinski definition) is 11. The highest BCUT2D eigenvalue weighted by molar-refractivity contribution is 6.16. The molecular weight excluding hydrogens is 566 g/mol. The summed E-state index contributed by atoms with van der Waals surface area (Å²) in [7, 11) is 0. The maximum Gasteiger partial charge on any atom is 0.409 e. The van der Waals surface area contributed by atoms with E-state index in [0.717, 1.165) is 13.1 Å². The van der Waals surface area contributed by atoms with E-state index < -0.39 is 17.7 Å². The lowest BCUT2D eigenvalue weighted by molar-refractivity contribution is -0.141. The van der Waals surface area contributed by atoms with Crippen LogP contribution in [0.1, 0.15) is 71.7 Å². The summed E-state index contributed by atoms with van der Waals surface area (Å²) in [4.78, 5) is 71.7. The highest BCUT2D eigenvalue weighted by Gasteiger charge is 2.61. The molecule has 244 valence electrons. The fraction of sp³-hybridized carbons (Fsp3) is 0.742. The fourth-order valence-electron chi connectivity index (χ4n) is 6.35. The molecule has 1 aromatic rings. The monoisotopic (exact) mass is 615 g/mol. The van der Waals surface area contributed by atoms with Gasteiger partial charge in [0, 0.05) is 58.9 Å². The van der Waals surface area contributed by atoms with Crippen molar-refractivity contribution in [2.75, 3.05) is 86.8 Å². The molecule has 2 atom stereocenters. The highest BCUT2D eigenvalue weighted by atomic mass is 16.6. The summed E-state index contributed by atoms with van der Waals surface area (Å²) in [5, 5.41) is 0. The summed E-state index contributed by atoms with van der Waals surface area (Å²) in [5.41, 5.74) is -0.672. The smallest absolute Gasteiger partial charge is 0.409 e. The van der Waals surface area contributed by atoms with Crippen LogP contribution in [0.15, 0.2) is 0 Å². The Morgan fingerprint density at radius 3 is 2.16 bits per heavy atom. The van der Waals surface area contributed by atoms with E-state index in [4.69, 9.17) is 19.4 Å². The Bertz CT molecular complexity index is 1230. The number of amides is 2. The van der Waals surface area contributed by atoms with Crippen molar-refractivity contribution in [3.63, 3.8) is 0 Å². The number of nitrogens with zero attached hydrogens (tertiary/aromatic N) is 7. The van der Waals surface area contributed by atoms with Gasteiger partial charge in [0.15, 0.2) is 17.7 Å².